The number of carbonyl (C=O) groups is 2. The van der Waals surface area contributed by atoms with Gasteiger partial charge in [-0.1, -0.05) is 30.3 Å². The van der Waals surface area contributed by atoms with Crippen LogP contribution in [0.1, 0.15) is 36.7 Å². The molecule has 34 heavy (non-hydrogen) atoms. The van der Waals surface area contributed by atoms with Gasteiger partial charge in [-0.25, -0.2) is 0 Å². The van der Waals surface area contributed by atoms with E-state index in [0.29, 0.717) is 10.4 Å². The smallest absolute Gasteiger partial charge is 0.348 e. The van der Waals surface area contributed by atoms with Crippen molar-refractivity contribution in [3.63, 3.8) is 0 Å². The Morgan fingerprint density at radius 3 is 2.47 bits per heavy atom. The number of benzene rings is 2. The first kappa shape index (κ1) is 23.9. The molecule has 2 N–H and O–H groups in total. The monoisotopic (exact) mass is 547 g/mol. The van der Waals surface area contributed by atoms with Crippen molar-refractivity contribution in [3.8, 4) is 0 Å². The molecule has 2 heterocycles. The third-order valence-corrected chi connectivity index (χ3v) is 6.73. The van der Waals surface area contributed by atoms with E-state index in [1.165, 1.54) is 29.5 Å². The van der Waals surface area contributed by atoms with E-state index in [9.17, 15) is 22.8 Å². The van der Waals surface area contributed by atoms with Gasteiger partial charge in [-0.2, -0.15) is 13.2 Å². The number of pyridine rings is 1. The lowest BCUT2D eigenvalue weighted by molar-refractivity contribution is -0.138. The van der Waals surface area contributed by atoms with Crippen LogP contribution in [0.3, 0.4) is 0 Å². The number of thiophene rings is 1. The van der Waals surface area contributed by atoms with Crippen LogP contribution in [0.5, 0.6) is 0 Å². The van der Waals surface area contributed by atoms with Crippen molar-refractivity contribution in [1.29, 1.82) is 0 Å². The molecular weight excluding hydrogens is 531 g/mol. The fraction of sp³-hybridized carbons (Fsp3) is 0.125. The summed E-state index contributed by atoms with van der Waals surface area (Å²) in [6.07, 6.45) is -1.15. The highest BCUT2D eigenvalue weighted by atomic mass is 79.9. The van der Waals surface area contributed by atoms with Crippen molar-refractivity contribution in [2.75, 3.05) is 0 Å². The third kappa shape index (κ3) is 5.45. The number of nitrogens with zero attached hydrogens (tertiary/aromatic N) is 1. The Labute approximate surface area is 205 Å². The lowest BCUT2D eigenvalue weighted by Crippen LogP contribution is -2.25. The van der Waals surface area contributed by atoms with E-state index in [0.717, 1.165) is 20.6 Å². The van der Waals surface area contributed by atoms with Crippen molar-refractivity contribution in [1.82, 2.24) is 15.6 Å². The molecule has 2 aromatic heterocycles. The highest BCUT2D eigenvalue weighted by molar-refractivity contribution is 9.10. The zero-order valence-corrected chi connectivity index (χ0v) is 19.9. The maximum Gasteiger partial charge on any atom is 0.416 e. The average Bonchev–Trinajstić information content (AvgIpc) is 3.27. The number of nitrogens with one attached hydrogen (secondary N) is 2. The fourth-order valence-electron chi connectivity index (χ4n) is 3.36. The van der Waals surface area contributed by atoms with E-state index in [2.05, 4.69) is 31.5 Å². The number of alkyl halides is 3. The van der Waals surface area contributed by atoms with Crippen LogP contribution in [0.15, 0.2) is 71.5 Å². The minimum Gasteiger partial charge on any atom is -0.348 e. The summed E-state index contributed by atoms with van der Waals surface area (Å²) >= 11 is 4.74. The summed E-state index contributed by atoms with van der Waals surface area (Å²) in [5.41, 5.74) is 0.168. The van der Waals surface area contributed by atoms with Crippen LogP contribution in [0.25, 0.3) is 10.1 Å². The number of halogens is 4. The summed E-state index contributed by atoms with van der Waals surface area (Å²) in [6.45, 7) is -0.0731. The van der Waals surface area contributed by atoms with Gasteiger partial charge >= 0.3 is 6.18 Å². The average molecular weight is 548 g/mol. The second kappa shape index (κ2) is 9.94. The lowest BCUT2D eigenvalue weighted by Gasteiger charge is -2.13. The Bertz CT molecular complexity index is 1370. The molecule has 0 bridgehead atoms. The molecule has 5 nitrogen and oxygen atoms in total. The van der Waals surface area contributed by atoms with Crippen LogP contribution in [0.4, 0.5) is 13.2 Å². The van der Waals surface area contributed by atoms with E-state index in [1.54, 1.807) is 42.7 Å². The first-order valence-electron chi connectivity index (χ1n) is 10.1. The van der Waals surface area contributed by atoms with Gasteiger partial charge in [0.2, 0.25) is 0 Å². The predicted octanol–water partition coefficient (Wildman–Crippen LogP) is 5.94. The van der Waals surface area contributed by atoms with Crippen molar-refractivity contribution in [2.45, 2.75) is 19.3 Å². The standard InChI is InChI=1S/C24H17BrF3N3O2S/c25-19-12-29-13-21-17(19)9-20(34-21)23(33)30-10-14-4-3-6-15(8-14)22(32)31-11-16-5-1-2-7-18(16)24(26,27)28/h1-9,12-13H,10-11H2,(H,30,33)(H,31,32). The SMILES string of the molecule is O=C(NCc1ccccc1C(F)(F)F)c1cccc(CNC(=O)c2cc3c(Br)cncc3s2)c1. The van der Waals surface area contributed by atoms with Crippen molar-refractivity contribution in [2.24, 2.45) is 0 Å². The molecule has 0 aliphatic heterocycles. The molecule has 0 saturated carbocycles. The highest BCUT2D eigenvalue weighted by Gasteiger charge is 2.32. The van der Waals surface area contributed by atoms with Crippen LogP contribution in [-0.2, 0) is 19.3 Å². The Hall–Kier alpha value is -3.24. The molecule has 0 fully saturated rings. The summed E-state index contributed by atoms with van der Waals surface area (Å²) < 4.78 is 41.1. The summed E-state index contributed by atoms with van der Waals surface area (Å²) in [7, 11) is 0. The Balaban J connectivity index is 1.39. The van der Waals surface area contributed by atoms with Gasteiger partial charge in [-0.3, -0.25) is 14.6 Å². The largest absolute Gasteiger partial charge is 0.416 e. The van der Waals surface area contributed by atoms with Gasteiger partial charge in [0, 0.05) is 40.9 Å². The third-order valence-electron chi connectivity index (χ3n) is 5.03. The molecule has 0 spiro atoms. The first-order valence-corrected chi connectivity index (χ1v) is 11.7. The van der Waals surface area contributed by atoms with Crippen LogP contribution in [-0.4, -0.2) is 16.8 Å². The number of carbonyl (C=O) groups excluding carboxylic acids is 2. The Morgan fingerprint density at radius 1 is 0.941 bits per heavy atom. The topological polar surface area (TPSA) is 71.1 Å². The van der Waals surface area contributed by atoms with Crippen LogP contribution < -0.4 is 10.6 Å². The quantitative estimate of drug-likeness (QED) is 0.314. The van der Waals surface area contributed by atoms with E-state index < -0.39 is 17.6 Å². The van der Waals surface area contributed by atoms with E-state index in [4.69, 9.17) is 0 Å². The number of aromatic nitrogens is 1. The molecule has 0 unspecified atom stereocenters. The molecule has 4 aromatic rings. The molecular formula is C24H17BrF3N3O2S. The Kier molecular flexibility index (Phi) is 6.99. The van der Waals surface area contributed by atoms with Crippen molar-refractivity contribution >= 4 is 49.2 Å². The number of fused-ring (bicyclic) bond motifs is 1. The first-order chi connectivity index (χ1) is 16.2. The van der Waals surface area contributed by atoms with E-state index in [-0.39, 0.29) is 30.1 Å². The molecule has 2 amide bonds. The van der Waals surface area contributed by atoms with Gasteiger partial charge < -0.3 is 10.6 Å². The normalized spacial score (nSPS) is 11.4. The zero-order chi connectivity index (χ0) is 24.3. The number of amides is 2. The van der Waals surface area contributed by atoms with Gasteiger partial charge in [-0.15, -0.1) is 11.3 Å². The molecule has 2 aromatic carbocycles. The number of hydrogen-bond donors (Lipinski definition) is 2. The molecule has 0 aliphatic carbocycles. The molecule has 0 saturated heterocycles. The molecule has 0 radical (unpaired) electrons. The van der Waals surface area contributed by atoms with Gasteiger partial charge in [0.05, 0.1) is 15.1 Å². The minimum absolute atomic E-state index is 0.0167. The summed E-state index contributed by atoms with van der Waals surface area (Å²) in [5, 5.41) is 6.25. The fourth-order valence-corrected chi connectivity index (χ4v) is 4.91. The second-order valence-corrected chi connectivity index (χ2v) is 9.30. The maximum atomic E-state index is 13.1. The summed E-state index contributed by atoms with van der Waals surface area (Å²) in [4.78, 5) is 29.7. The van der Waals surface area contributed by atoms with E-state index >= 15 is 0 Å². The van der Waals surface area contributed by atoms with Gasteiger partial charge in [-0.05, 0) is 51.3 Å². The molecule has 174 valence electrons. The van der Waals surface area contributed by atoms with E-state index in [1.807, 2.05) is 0 Å². The molecule has 0 aliphatic rings. The second-order valence-electron chi connectivity index (χ2n) is 7.36. The molecule has 4 rings (SSSR count). The molecule has 10 heteroatoms. The zero-order valence-electron chi connectivity index (χ0n) is 17.4. The maximum absolute atomic E-state index is 13.1. The summed E-state index contributed by atoms with van der Waals surface area (Å²) in [6, 6.07) is 13.5. The van der Waals surface area contributed by atoms with Crippen molar-refractivity contribution < 1.29 is 22.8 Å². The molecule has 0 atom stereocenters. The van der Waals surface area contributed by atoms with Crippen LogP contribution in [0.2, 0.25) is 0 Å². The van der Waals surface area contributed by atoms with Gasteiger partial charge in [0.15, 0.2) is 0 Å². The summed E-state index contributed by atoms with van der Waals surface area (Å²) in [5.74, 6) is -0.765. The number of hydrogen-bond acceptors (Lipinski definition) is 4. The van der Waals surface area contributed by atoms with Gasteiger partial charge in [0.25, 0.3) is 11.8 Å². The predicted molar refractivity (Wildman–Crippen MR) is 128 cm³/mol. The minimum atomic E-state index is -4.50. The lowest BCUT2D eigenvalue weighted by atomic mass is 10.1. The van der Waals surface area contributed by atoms with Crippen LogP contribution in [0, 0.1) is 0 Å². The highest BCUT2D eigenvalue weighted by Crippen LogP contribution is 2.32. The van der Waals surface area contributed by atoms with Gasteiger partial charge in [0.1, 0.15) is 0 Å². The van der Waals surface area contributed by atoms with Crippen LogP contribution >= 0.6 is 27.3 Å². The van der Waals surface area contributed by atoms with Crippen molar-refractivity contribution in [3.05, 3.63) is 98.6 Å². The Morgan fingerprint density at radius 2 is 1.71 bits per heavy atom. The number of rotatable bonds is 6.